The molecule has 0 aromatic heterocycles. The summed E-state index contributed by atoms with van der Waals surface area (Å²) in [5, 5.41) is 9.14. The van der Waals surface area contributed by atoms with Gasteiger partial charge < -0.3 is 16.6 Å². The first-order valence-electron chi connectivity index (χ1n) is 9.33. The lowest BCUT2D eigenvalue weighted by atomic mass is 9.91. The molecule has 0 saturated carbocycles. The highest BCUT2D eigenvalue weighted by Crippen LogP contribution is 2.29. The van der Waals surface area contributed by atoms with Crippen LogP contribution in [0.15, 0.2) is 67.4 Å². The van der Waals surface area contributed by atoms with E-state index in [1.54, 1.807) is 18.2 Å². The number of carboxylic acids is 1. The van der Waals surface area contributed by atoms with Crippen LogP contribution < -0.4 is 11.5 Å². The molecule has 0 aliphatic rings. The number of hydrogen-bond acceptors (Lipinski definition) is 4. The van der Waals surface area contributed by atoms with Crippen molar-refractivity contribution in [1.29, 1.82) is 0 Å². The fraction of sp³-hybridized carbons (Fsp3) is 0.167. The van der Waals surface area contributed by atoms with E-state index < -0.39 is 5.97 Å². The summed E-state index contributed by atoms with van der Waals surface area (Å²) in [7, 11) is 0. The molecule has 0 aliphatic carbocycles. The van der Waals surface area contributed by atoms with Gasteiger partial charge in [0, 0.05) is 12.0 Å². The molecular weight excluding hydrogens is 364 g/mol. The third-order valence-corrected chi connectivity index (χ3v) is 4.51. The first-order chi connectivity index (χ1) is 13.9. The van der Waals surface area contributed by atoms with E-state index in [1.165, 1.54) is 6.08 Å². The molecule has 0 amide bonds. The maximum atomic E-state index is 12.4. The molecule has 0 spiro atoms. The van der Waals surface area contributed by atoms with Crippen LogP contribution in [-0.2, 0) is 17.6 Å². The first-order valence-corrected chi connectivity index (χ1v) is 9.33. The molecule has 2 aromatic carbocycles. The van der Waals surface area contributed by atoms with Crippen LogP contribution in [0.2, 0.25) is 0 Å². The number of carbonyl (C=O) groups excluding carboxylic acids is 1. The van der Waals surface area contributed by atoms with Crippen molar-refractivity contribution in [2.75, 3.05) is 6.54 Å². The summed E-state index contributed by atoms with van der Waals surface area (Å²) in [5.74, 6) is -1.19. The Balaban J connectivity index is 2.65. The monoisotopic (exact) mass is 390 g/mol. The van der Waals surface area contributed by atoms with E-state index in [0.717, 1.165) is 22.3 Å². The molecule has 0 radical (unpaired) electrons. The molecule has 5 heteroatoms. The molecule has 0 atom stereocenters. The minimum atomic E-state index is -1.18. The molecule has 0 fully saturated rings. The molecule has 150 valence electrons. The van der Waals surface area contributed by atoms with Gasteiger partial charge in [-0.15, -0.1) is 13.2 Å². The van der Waals surface area contributed by atoms with Gasteiger partial charge in [-0.25, -0.2) is 4.79 Å². The van der Waals surface area contributed by atoms with E-state index in [9.17, 15) is 9.59 Å². The van der Waals surface area contributed by atoms with Crippen LogP contribution in [0.25, 0.3) is 17.2 Å². The Morgan fingerprint density at radius 1 is 1.03 bits per heavy atom. The highest BCUT2D eigenvalue weighted by atomic mass is 16.4. The number of benzene rings is 2. The quantitative estimate of drug-likeness (QED) is 0.326. The van der Waals surface area contributed by atoms with Crippen molar-refractivity contribution in [1.82, 2.24) is 0 Å². The van der Waals surface area contributed by atoms with Gasteiger partial charge in [0.1, 0.15) is 5.70 Å². The Labute approximate surface area is 171 Å². The van der Waals surface area contributed by atoms with Crippen molar-refractivity contribution in [3.05, 3.63) is 89.7 Å². The van der Waals surface area contributed by atoms with Crippen LogP contribution in [0.5, 0.6) is 0 Å². The van der Waals surface area contributed by atoms with E-state index in [0.29, 0.717) is 30.5 Å². The average Bonchev–Trinajstić information content (AvgIpc) is 2.69. The summed E-state index contributed by atoms with van der Waals surface area (Å²) in [6.45, 7) is 7.84. The Kier molecular flexibility index (Phi) is 7.69. The zero-order valence-corrected chi connectivity index (χ0v) is 16.4. The van der Waals surface area contributed by atoms with Crippen LogP contribution in [0.4, 0.5) is 0 Å². The van der Waals surface area contributed by atoms with Crippen molar-refractivity contribution < 1.29 is 14.7 Å². The van der Waals surface area contributed by atoms with Gasteiger partial charge in [0.15, 0.2) is 5.78 Å². The number of Topliss-reactive ketones (excluding diaryl/α,β-unsaturated/α-hetero) is 1. The second kappa shape index (κ2) is 10.2. The highest BCUT2D eigenvalue weighted by molar-refractivity contribution is 5.98. The second-order valence-corrected chi connectivity index (χ2v) is 6.65. The normalized spacial score (nSPS) is 11.1. The summed E-state index contributed by atoms with van der Waals surface area (Å²) in [5.41, 5.74) is 15.8. The lowest BCUT2D eigenvalue weighted by molar-refractivity contribution is -0.132. The Morgan fingerprint density at radius 2 is 1.76 bits per heavy atom. The highest BCUT2D eigenvalue weighted by Gasteiger charge is 2.14. The third-order valence-electron chi connectivity index (χ3n) is 4.51. The minimum absolute atomic E-state index is 0.00782. The SMILES string of the molecule is C=CCc1ccc(C=C(N)C(=O)O)c(-c2ccc(C(=O)CCN)c(CC=C)c2)c1. The van der Waals surface area contributed by atoms with Crippen molar-refractivity contribution in [3.8, 4) is 11.1 Å². The fourth-order valence-corrected chi connectivity index (χ4v) is 3.13. The minimum Gasteiger partial charge on any atom is -0.477 e. The molecule has 5 N–H and O–H groups in total. The molecule has 0 heterocycles. The topological polar surface area (TPSA) is 106 Å². The summed E-state index contributed by atoms with van der Waals surface area (Å²) < 4.78 is 0. The van der Waals surface area contributed by atoms with Crippen molar-refractivity contribution in [3.63, 3.8) is 0 Å². The van der Waals surface area contributed by atoms with E-state index in [-0.39, 0.29) is 17.9 Å². The van der Waals surface area contributed by atoms with Crippen LogP contribution in [0.1, 0.15) is 33.5 Å². The molecular formula is C24H26N2O3. The number of ketones is 1. The molecule has 29 heavy (non-hydrogen) atoms. The summed E-state index contributed by atoms with van der Waals surface area (Å²) in [6, 6.07) is 11.3. The van der Waals surface area contributed by atoms with Gasteiger partial charge in [0.25, 0.3) is 0 Å². The van der Waals surface area contributed by atoms with Crippen LogP contribution >= 0.6 is 0 Å². The second-order valence-electron chi connectivity index (χ2n) is 6.65. The van der Waals surface area contributed by atoms with Gasteiger partial charge in [0.2, 0.25) is 0 Å². The number of carboxylic acid groups (broad SMARTS) is 1. The van der Waals surface area contributed by atoms with E-state index in [1.807, 2.05) is 30.3 Å². The number of carbonyl (C=O) groups is 2. The van der Waals surface area contributed by atoms with Gasteiger partial charge in [-0.2, -0.15) is 0 Å². The van der Waals surface area contributed by atoms with Crippen LogP contribution in [-0.4, -0.2) is 23.4 Å². The van der Waals surface area contributed by atoms with Crippen molar-refractivity contribution in [2.45, 2.75) is 19.3 Å². The van der Waals surface area contributed by atoms with E-state index in [2.05, 4.69) is 13.2 Å². The molecule has 0 unspecified atom stereocenters. The Hall–Kier alpha value is -3.44. The average molecular weight is 390 g/mol. The number of rotatable bonds is 10. The Bertz CT molecular complexity index is 974. The van der Waals surface area contributed by atoms with Gasteiger partial charge in [-0.05, 0) is 53.3 Å². The van der Waals surface area contributed by atoms with Crippen LogP contribution in [0, 0.1) is 0 Å². The molecule has 0 bridgehead atoms. The molecule has 2 rings (SSSR count). The largest absolute Gasteiger partial charge is 0.477 e. The number of hydrogen-bond donors (Lipinski definition) is 3. The van der Waals surface area contributed by atoms with Crippen LogP contribution in [0.3, 0.4) is 0 Å². The zero-order valence-electron chi connectivity index (χ0n) is 16.4. The molecule has 5 nitrogen and oxygen atoms in total. The molecule has 0 saturated heterocycles. The molecule has 0 aliphatic heterocycles. The standard InChI is InChI=1S/C24H26N2O3/c1-3-5-16-7-8-19(15-22(26)24(28)29)21(13-16)18-9-10-20(23(27)11-12-25)17(14-18)6-4-2/h3-4,7-10,13-15H,1-2,5-6,11-12,25-26H2,(H,28,29). The summed E-state index contributed by atoms with van der Waals surface area (Å²) in [4.78, 5) is 23.6. The smallest absolute Gasteiger partial charge is 0.351 e. The third kappa shape index (κ3) is 5.53. The van der Waals surface area contributed by atoms with E-state index in [4.69, 9.17) is 16.6 Å². The summed E-state index contributed by atoms with van der Waals surface area (Å²) in [6.07, 6.45) is 6.48. The van der Waals surface area contributed by atoms with Gasteiger partial charge in [-0.1, -0.05) is 48.6 Å². The fourth-order valence-electron chi connectivity index (χ4n) is 3.13. The number of aliphatic carboxylic acids is 1. The van der Waals surface area contributed by atoms with Gasteiger partial charge in [0.05, 0.1) is 0 Å². The Morgan fingerprint density at radius 3 is 2.38 bits per heavy atom. The van der Waals surface area contributed by atoms with Crippen molar-refractivity contribution in [2.24, 2.45) is 11.5 Å². The molecule has 2 aromatic rings. The first kappa shape index (κ1) is 21.9. The maximum Gasteiger partial charge on any atom is 0.351 e. The summed E-state index contributed by atoms with van der Waals surface area (Å²) >= 11 is 0. The lowest BCUT2D eigenvalue weighted by Crippen LogP contribution is -2.10. The van der Waals surface area contributed by atoms with Gasteiger partial charge >= 0.3 is 5.97 Å². The predicted molar refractivity (Wildman–Crippen MR) is 117 cm³/mol. The van der Waals surface area contributed by atoms with Crippen molar-refractivity contribution >= 4 is 17.8 Å². The number of nitrogens with two attached hydrogens (primary N) is 2. The predicted octanol–water partition coefficient (Wildman–Crippen LogP) is 3.73. The van der Waals surface area contributed by atoms with E-state index >= 15 is 0 Å². The zero-order chi connectivity index (χ0) is 21.4. The lowest BCUT2D eigenvalue weighted by Gasteiger charge is -2.13. The van der Waals surface area contributed by atoms with Gasteiger partial charge in [-0.3, -0.25) is 4.79 Å². The number of allylic oxidation sites excluding steroid dienone is 2. The maximum absolute atomic E-state index is 12.4.